The highest BCUT2D eigenvalue weighted by Crippen LogP contribution is 2.37. The molecule has 1 aromatic carbocycles. The number of hydrogen-bond acceptors (Lipinski definition) is 2. The van der Waals surface area contributed by atoms with Gasteiger partial charge in [-0.1, -0.05) is 23.7 Å². The second-order valence-electron chi connectivity index (χ2n) is 4.27. The monoisotopic (exact) mass is 256 g/mol. The second-order valence-corrected chi connectivity index (χ2v) is 4.70. The number of pyridine rings is 1. The third kappa shape index (κ3) is 1.28. The molecule has 3 nitrogen and oxygen atoms in total. The minimum atomic E-state index is 0.522. The summed E-state index contributed by atoms with van der Waals surface area (Å²) in [4.78, 5) is 4.66. The number of aromatic nitrogens is 2. The summed E-state index contributed by atoms with van der Waals surface area (Å²) in [6.45, 7) is 0.522. The second kappa shape index (κ2) is 3.50. The molecule has 1 aliphatic heterocycles. The van der Waals surface area contributed by atoms with Crippen LogP contribution < -0.4 is 4.74 Å². The molecule has 0 saturated heterocycles. The van der Waals surface area contributed by atoms with Crippen molar-refractivity contribution in [3.05, 3.63) is 53.3 Å². The van der Waals surface area contributed by atoms with Crippen LogP contribution in [0.3, 0.4) is 0 Å². The maximum absolute atomic E-state index is 6.03. The molecule has 18 heavy (non-hydrogen) atoms. The van der Waals surface area contributed by atoms with Gasteiger partial charge in [0.25, 0.3) is 0 Å². The Bertz CT molecular complexity index is 764. The lowest BCUT2D eigenvalue weighted by Gasteiger charge is -2.16. The summed E-state index contributed by atoms with van der Waals surface area (Å²) in [7, 11) is 0. The average Bonchev–Trinajstić information content (AvgIpc) is 2.77. The van der Waals surface area contributed by atoms with Crippen molar-refractivity contribution in [3.8, 4) is 17.0 Å². The van der Waals surface area contributed by atoms with Crippen molar-refractivity contribution < 1.29 is 4.74 Å². The fraction of sp³-hybridized carbons (Fsp3) is 0.0714. The summed E-state index contributed by atoms with van der Waals surface area (Å²) < 4.78 is 7.75. The molecule has 3 heterocycles. The fourth-order valence-corrected chi connectivity index (χ4v) is 2.52. The molecule has 0 bridgehead atoms. The molecule has 2 aromatic heterocycles. The highest BCUT2D eigenvalue weighted by Gasteiger charge is 2.22. The van der Waals surface area contributed by atoms with E-state index in [4.69, 9.17) is 16.3 Å². The number of nitrogens with zero attached hydrogens (tertiary/aromatic N) is 2. The minimum Gasteiger partial charge on any atom is -0.487 e. The van der Waals surface area contributed by atoms with Gasteiger partial charge in [0.1, 0.15) is 18.0 Å². The number of benzene rings is 1. The third-order valence-electron chi connectivity index (χ3n) is 3.19. The lowest BCUT2D eigenvalue weighted by molar-refractivity contribution is 0.296. The maximum Gasteiger partial charge on any atom is 0.137 e. The Labute approximate surface area is 109 Å². The zero-order chi connectivity index (χ0) is 12.1. The van der Waals surface area contributed by atoms with Crippen molar-refractivity contribution in [1.29, 1.82) is 0 Å². The van der Waals surface area contributed by atoms with Gasteiger partial charge in [0.05, 0.1) is 16.4 Å². The topological polar surface area (TPSA) is 26.5 Å². The predicted octanol–water partition coefficient (Wildman–Crippen LogP) is 3.55. The summed E-state index contributed by atoms with van der Waals surface area (Å²) in [5.41, 5.74) is 3.97. The van der Waals surface area contributed by atoms with Crippen LogP contribution in [0.1, 0.15) is 5.69 Å². The standard InChI is InChI=1S/C14H9ClN2O/c15-9-5-6-13-16-14-10-3-1-2-4-12(10)18-8-11(14)17(13)7-9/h1-7H,8H2. The van der Waals surface area contributed by atoms with Crippen LogP contribution in [0.4, 0.5) is 0 Å². The van der Waals surface area contributed by atoms with Crippen molar-refractivity contribution >= 4 is 17.2 Å². The van der Waals surface area contributed by atoms with Gasteiger partial charge in [0.2, 0.25) is 0 Å². The van der Waals surface area contributed by atoms with Crippen LogP contribution in [-0.4, -0.2) is 9.38 Å². The number of hydrogen-bond donors (Lipinski definition) is 0. The first-order chi connectivity index (χ1) is 8.83. The first-order valence-corrected chi connectivity index (χ1v) is 6.09. The number of rotatable bonds is 0. The first-order valence-electron chi connectivity index (χ1n) is 5.71. The highest BCUT2D eigenvalue weighted by atomic mass is 35.5. The zero-order valence-corrected chi connectivity index (χ0v) is 10.2. The number of ether oxygens (including phenoxy) is 1. The first kappa shape index (κ1) is 9.97. The summed E-state index contributed by atoms with van der Waals surface area (Å²) in [6.07, 6.45) is 1.88. The normalized spacial score (nSPS) is 12.9. The lowest BCUT2D eigenvalue weighted by Crippen LogP contribution is -2.06. The van der Waals surface area contributed by atoms with Gasteiger partial charge in [-0.2, -0.15) is 0 Å². The Morgan fingerprint density at radius 1 is 1.17 bits per heavy atom. The SMILES string of the molecule is Clc1ccc2nc3c(n2c1)COc1ccccc1-3. The fourth-order valence-electron chi connectivity index (χ4n) is 2.36. The quantitative estimate of drug-likeness (QED) is 0.615. The van der Waals surface area contributed by atoms with Gasteiger partial charge in [-0.25, -0.2) is 4.98 Å². The molecule has 4 heteroatoms. The Morgan fingerprint density at radius 3 is 3.00 bits per heavy atom. The van der Waals surface area contributed by atoms with Crippen molar-refractivity contribution in [2.45, 2.75) is 6.61 Å². The molecule has 0 unspecified atom stereocenters. The average molecular weight is 257 g/mol. The molecule has 4 rings (SSSR count). The smallest absolute Gasteiger partial charge is 0.137 e. The molecule has 3 aromatic rings. The highest BCUT2D eigenvalue weighted by molar-refractivity contribution is 6.30. The van der Waals surface area contributed by atoms with E-state index in [-0.39, 0.29) is 0 Å². The number of imidazole rings is 1. The van der Waals surface area contributed by atoms with Gasteiger partial charge in [0.15, 0.2) is 0 Å². The van der Waals surface area contributed by atoms with Crippen molar-refractivity contribution in [2.24, 2.45) is 0 Å². The molecule has 0 radical (unpaired) electrons. The Hall–Kier alpha value is -2.00. The van der Waals surface area contributed by atoms with Gasteiger partial charge in [-0.3, -0.25) is 4.40 Å². The number of para-hydroxylation sites is 1. The lowest BCUT2D eigenvalue weighted by atomic mass is 10.1. The molecule has 1 aliphatic rings. The molecule has 0 amide bonds. The van der Waals surface area contributed by atoms with Gasteiger partial charge < -0.3 is 4.74 Å². The predicted molar refractivity (Wildman–Crippen MR) is 70.0 cm³/mol. The molecule has 0 atom stereocenters. The largest absolute Gasteiger partial charge is 0.487 e. The van der Waals surface area contributed by atoms with E-state index in [9.17, 15) is 0 Å². The Balaban J connectivity index is 2.08. The summed E-state index contributed by atoms with van der Waals surface area (Å²) in [5.74, 6) is 0.888. The van der Waals surface area contributed by atoms with E-state index in [1.54, 1.807) is 0 Å². The van der Waals surface area contributed by atoms with Gasteiger partial charge in [0, 0.05) is 11.8 Å². The summed E-state index contributed by atoms with van der Waals surface area (Å²) >= 11 is 6.03. The molecular weight excluding hydrogens is 248 g/mol. The van der Waals surface area contributed by atoms with Gasteiger partial charge in [-0.15, -0.1) is 0 Å². The molecule has 0 spiro atoms. The summed E-state index contributed by atoms with van der Waals surface area (Å²) in [5, 5.41) is 0.696. The van der Waals surface area contributed by atoms with Crippen LogP contribution in [0.2, 0.25) is 5.02 Å². The van der Waals surface area contributed by atoms with Crippen LogP contribution in [0.25, 0.3) is 16.9 Å². The van der Waals surface area contributed by atoms with Crippen LogP contribution in [0, 0.1) is 0 Å². The van der Waals surface area contributed by atoms with Crippen LogP contribution in [0.15, 0.2) is 42.6 Å². The minimum absolute atomic E-state index is 0.522. The van der Waals surface area contributed by atoms with E-state index in [0.717, 1.165) is 28.3 Å². The molecule has 0 aliphatic carbocycles. The zero-order valence-electron chi connectivity index (χ0n) is 9.43. The van der Waals surface area contributed by atoms with E-state index in [0.29, 0.717) is 11.6 Å². The summed E-state index contributed by atoms with van der Waals surface area (Å²) in [6, 6.07) is 11.7. The Morgan fingerprint density at radius 2 is 2.06 bits per heavy atom. The van der Waals surface area contributed by atoms with Gasteiger partial charge in [-0.05, 0) is 24.3 Å². The van der Waals surface area contributed by atoms with Crippen LogP contribution >= 0.6 is 11.6 Å². The van der Waals surface area contributed by atoms with Crippen molar-refractivity contribution in [2.75, 3.05) is 0 Å². The molecule has 88 valence electrons. The third-order valence-corrected chi connectivity index (χ3v) is 3.41. The van der Waals surface area contributed by atoms with E-state index in [1.807, 2.05) is 47.0 Å². The molecular formula is C14H9ClN2O. The van der Waals surface area contributed by atoms with Crippen molar-refractivity contribution in [3.63, 3.8) is 0 Å². The van der Waals surface area contributed by atoms with Crippen molar-refractivity contribution in [1.82, 2.24) is 9.38 Å². The van der Waals surface area contributed by atoms with E-state index in [1.165, 1.54) is 0 Å². The van der Waals surface area contributed by atoms with E-state index in [2.05, 4.69) is 4.98 Å². The Kier molecular flexibility index (Phi) is 1.94. The van der Waals surface area contributed by atoms with E-state index < -0.39 is 0 Å². The van der Waals surface area contributed by atoms with E-state index >= 15 is 0 Å². The van der Waals surface area contributed by atoms with Crippen LogP contribution in [-0.2, 0) is 6.61 Å². The number of halogens is 1. The van der Waals surface area contributed by atoms with Gasteiger partial charge >= 0.3 is 0 Å². The van der Waals surface area contributed by atoms with Crippen LogP contribution in [0.5, 0.6) is 5.75 Å². The molecule has 0 N–H and O–H groups in total. The molecule has 0 fully saturated rings. The molecule has 0 saturated carbocycles. The number of fused-ring (bicyclic) bond motifs is 5. The maximum atomic E-state index is 6.03.